The Morgan fingerprint density at radius 2 is 2.08 bits per heavy atom. The average molecular weight is 171 g/mol. The first-order chi connectivity index (χ1) is 5.45. The summed E-state index contributed by atoms with van der Waals surface area (Å²) in [6.07, 6.45) is 4.96. The highest BCUT2D eigenvalue weighted by Crippen LogP contribution is 2.14. The van der Waals surface area contributed by atoms with Crippen LogP contribution in [-0.4, -0.2) is 17.3 Å². The molecule has 0 aromatic heterocycles. The number of allylic oxidation sites excluding steroid dienone is 1. The summed E-state index contributed by atoms with van der Waals surface area (Å²) in [4.78, 5) is 0. The Morgan fingerprint density at radius 1 is 1.50 bits per heavy atom. The Labute approximate surface area is 75.5 Å². The zero-order valence-electron chi connectivity index (χ0n) is 8.43. The maximum absolute atomic E-state index is 9.42. The van der Waals surface area contributed by atoms with Crippen molar-refractivity contribution in [2.45, 2.75) is 45.6 Å². The van der Waals surface area contributed by atoms with Gasteiger partial charge in [0.2, 0.25) is 0 Å². The van der Waals surface area contributed by atoms with Gasteiger partial charge in [-0.1, -0.05) is 11.6 Å². The summed E-state index contributed by atoms with van der Waals surface area (Å²) < 4.78 is 0. The molecular formula is C10H21NO. The van der Waals surface area contributed by atoms with Crippen LogP contribution in [0.3, 0.4) is 0 Å². The Bertz CT molecular complexity index is 144. The van der Waals surface area contributed by atoms with Crippen LogP contribution >= 0.6 is 0 Å². The van der Waals surface area contributed by atoms with Crippen LogP contribution in [0, 0.1) is 0 Å². The number of hydrogen-bond acceptors (Lipinski definition) is 2. The summed E-state index contributed by atoms with van der Waals surface area (Å²) >= 11 is 0. The van der Waals surface area contributed by atoms with Crippen molar-refractivity contribution in [3.8, 4) is 0 Å². The van der Waals surface area contributed by atoms with Crippen LogP contribution in [-0.2, 0) is 0 Å². The lowest BCUT2D eigenvalue weighted by Gasteiger charge is -2.16. The fourth-order valence-corrected chi connectivity index (χ4v) is 1.10. The molecule has 0 amide bonds. The number of aliphatic hydroxyl groups is 1. The Kier molecular flexibility index (Phi) is 5.18. The molecule has 0 unspecified atom stereocenters. The molecule has 0 atom stereocenters. The normalized spacial score (nSPS) is 13.6. The van der Waals surface area contributed by atoms with Gasteiger partial charge in [0, 0.05) is 6.54 Å². The van der Waals surface area contributed by atoms with Gasteiger partial charge in [0.15, 0.2) is 0 Å². The topological polar surface area (TPSA) is 46.2 Å². The van der Waals surface area contributed by atoms with Gasteiger partial charge in [0.25, 0.3) is 0 Å². The van der Waals surface area contributed by atoms with Crippen LogP contribution in [0.1, 0.15) is 40.0 Å². The first-order valence-corrected chi connectivity index (χ1v) is 4.54. The minimum absolute atomic E-state index is 0.525. The zero-order valence-corrected chi connectivity index (χ0v) is 8.43. The van der Waals surface area contributed by atoms with Crippen molar-refractivity contribution in [1.82, 2.24) is 0 Å². The first kappa shape index (κ1) is 11.7. The van der Waals surface area contributed by atoms with Crippen LogP contribution in [0.4, 0.5) is 0 Å². The molecule has 12 heavy (non-hydrogen) atoms. The molecule has 0 radical (unpaired) electrons. The van der Waals surface area contributed by atoms with Crippen molar-refractivity contribution >= 4 is 0 Å². The van der Waals surface area contributed by atoms with E-state index in [-0.39, 0.29) is 0 Å². The van der Waals surface area contributed by atoms with Crippen LogP contribution in [0.5, 0.6) is 0 Å². The van der Waals surface area contributed by atoms with E-state index >= 15 is 0 Å². The molecule has 0 saturated heterocycles. The molecule has 2 heteroatoms. The van der Waals surface area contributed by atoms with Crippen LogP contribution in [0.25, 0.3) is 0 Å². The second-order valence-corrected chi connectivity index (χ2v) is 3.95. The average Bonchev–Trinajstić information content (AvgIpc) is 1.84. The Morgan fingerprint density at radius 3 is 2.50 bits per heavy atom. The van der Waals surface area contributed by atoms with Crippen LogP contribution < -0.4 is 5.73 Å². The van der Waals surface area contributed by atoms with E-state index in [1.807, 2.05) is 19.9 Å². The van der Waals surface area contributed by atoms with E-state index in [0.29, 0.717) is 6.54 Å². The van der Waals surface area contributed by atoms with E-state index < -0.39 is 5.60 Å². The van der Waals surface area contributed by atoms with Crippen molar-refractivity contribution < 1.29 is 5.11 Å². The smallest absolute Gasteiger partial charge is 0.0591 e. The summed E-state index contributed by atoms with van der Waals surface area (Å²) in [5, 5.41) is 9.42. The zero-order chi connectivity index (χ0) is 9.61. The second kappa shape index (κ2) is 5.33. The lowest BCUT2D eigenvalue weighted by Crippen LogP contribution is -2.17. The summed E-state index contributed by atoms with van der Waals surface area (Å²) in [5.41, 5.74) is 6.16. The largest absolute Gasteiger partial charge is 0.390 e. The third kappa shape index (κ3) is 7.76. The molecule has 0 heterocycles. The molecule has 0 bridgehead atoms. The van der Waals surface area contributed by atoms with Crippen molar-refractivity contribution in [2.24, 2.45) is 5.73 Å². The number of nitrogens with two attached hydrogens (primary N) is 1. The molecule has 3 N–H and O–H groups in total. The molecule has 0 aromatic carbocycles. The summed E-state index contributed by atoms with van der Waals surface area (Å²) in [6.45, 7) is 6.38. The molecule has 72 valence electrons. The van der Waals surface area contributed by atoms with Gasteiger partial charge in [-0.2, -0.15) is 0 Å². The molecule has 0 spiro atoms. The highest BCUT2D eigenvalue weighted by atomic mass is 16.3. The quantitative estimate of drug-likeness (QED) is 0.620. The van der Waals surface area contributed by atoms with E-state index in [4.69, 9.17) is 5.73 Å². The van der Waals surface area contributed by atoms with Crippen LogP contribution in [0.2, 0.25) is 0 Å². The third-order valence-electron chi connectivity index (χ3n) is 1.83. The van der Waals surface area contributed by atoms with Crippen LogP contribution in [0.15, 0.2) is 11.6 Å². The lowest BCUT2D eigenvalue weighted by atomic mass is 9.99. The lowest BCUT2D eigenvalue weighted by molar-refractivity contribution is 0.0689. The monoisotopic (exact) mass is 171 g/mol. The highest BCUT2D eigenvalue weighted by molar-refractivity contribution is 4.98. The summed E-state index contributed by atoms with van der Waals surface area (Å²) in [5.74, 6) is 0. The maximum Gasteiger partial charge on any atom is 0.0591 e. The third-order valence-corrected chi connectivity index (χ3v) is 1.83. The highest BCUT2D eigenvalue weighted by Gasteiger charge is 2.10. The fourth-order valence-electron chi connectivity index (χ4n) is 1.10. The van der Waals surface area contributed by atoms with Crippen molar-refractivity contribution in [1.29, 1.82) is 0 Å². The fraction of sp³-hybridized carbons (Fsp3) is 0.800. The SMILES string of the molecule is C/C(=C\CN)CCCC(C)(C)O. The van der Waals surface area contributed by atoms with E-state index in [2.05, 4.69) is 6.92 Å². The molecule has 0 aliphatic carbocycles. The van der Waals surface area contributed by atoms with E-state index in [1.165, 1.54) is 5.57 Å². The van der Waals surface area contributed by atoms with Crippen molar-refractivity contribution in [3.63, 3.8) is 0 Å². The van der Waals surface area contributed by atoms with Gasteiger partial charge < -0.3 is 10.8 Å². The number of hydrogen-bond donors (Lipinski definition) is 2. The van der Waals surface area contributed by atoms with Crippen molar-refractivity contribution in [2.75, 3.05) is 6.54 Å². The molecular weight excluding hydrogens is 150 g/mol. The van der Waals surface area contributed by atoms with Gasteiger partial charge in [-0.25, -0.2) is 0 Å². The Balaban J connectivity index is 3.50. The summed E-state index contributed by atoms with van der Waals surface area (Å²) in [6, 6.07) is 0. The van der Waals surface area contributed by atoms with Gasteiger partial charge in [0.05, 0.1) is 5.60 Å². The van der Waals surface area contributed by atoms with E-state index in [9.17, 15) is 5.11 Å². The predicted octanol–water partition coefficient (Wildman–Crippen LogP) is 1.83. The van der Waals surface area contributed by atoms with Gasteiger partial charge in [0.1, 0.15) is 0 Å². The Hall–Kier alpha value is -0.340. The van der Waals surface area contributed by atoms with Gasteiger partial charge in [-0.3, -0.25) is 0 Å². The minimum Gasteiger partial charge on any atom is -0.390 e. The molecule has 0 rings (SSSR count). The van der Waals surface area contributed by atoms with E-state index in [1.54, 1.807) is 0 Å². The molecule has 0 fully saturated rings. The van der Waals surface area contributed by atoms with Crippen molar-refractivity contribution in [3.05, 3.63) is 11.6 Å². The number of rotatable bonds is 5. The molecule has 0 aliphatic heterocycles. The standard InChI is InChI=1S/C10H21NO/c1-9(6-8-11)5-4-7-10(2,3)12/h6,12H,4-5,7-8,11H2,1-3H3/b9-6+. The molecule has 0 aromatic rings. The molecule has 2 nitrogen and oxygen atoms in total. The second-order valence-electron chi connectivity index (χ2n) is 3.95. The predicted molar refractivity (Wildman–Crippen MR) is 53.0 cm³/mol. The maximum atomic E-state index is 9.42. The van der Waals surface area contributed by atoms with Gasteiger partial charge in [-0.05, 0) is 40.0 Å². The first-order valence-electron chi connectivity index (χ1n) is 4.54. The summed E-state index contributed by atoms with van der Waals surface area (Å²) in [7, 11) is 0. The van der Waals surface area contributed by atoms with E-state index in [0.717, 1.165) is 19.3 Å². The molecule has 0 aliphatic rings. The van der Waals surface area contributed by atoms with Gasteiger partial charge >= 0.3 is 0 Å². The minimum atomic E-state index is -0.525. The molecule has 0 saturated carbocycles. The van der Waals surface area contributed by atoms with Gasteiger partial charge in [-0.15, -0.1) is 0 Å².